The van der Waals surface area contributed by atoms with Crippen LogP contribution >= 0.6 is 0 Å². The Morgan fingerprint density at radius 1 is 0.947 bits per heavy atom. The first-order chi connectivity index (χ1) is 17.9. The average Bonchev–Trinajstić information content (AvgIpc) is 2.89. The lowest BCUT2D eigenvalue weighted by molar-refractivity contribution is -0.274. The Morgan fingerprint density at radius 2 is 1.55 bits per heavy atom. The van der Waals surface area contributed by atoms with Crippen LogP contribution in [0.15, 0.2) is 54.6 Å². The maximum atomic E-state index is 13.8. The van der Waals surface area contributed by atoms with Crippen molar-refractivity contribution in [2.75, 3.05) is 32.7 Å². The number of ether oxygens (including phenoxy) is 1. The lowest BCUT2D eigenvalue weighted by atomic mass is 9.80. The van der Waals surface area contributed by atoms with Gasteiger partial charge in [0.1, 0.15) is 5.75 Å². The third-order valence-electron chi connectivity index (χ3n) is 8.08. The third kappa shape index (κ3) is 6.89. The number of halogens is 3. The fraction of sp³-hybridized carbons (Fsp3) is 0.567. The summed E-state index contributed by atoms with van der Waals surface area (Å²) < 4.78 is 42.3. The Bertz CT molecular complexity index is 1050. The highest BCUT2D eigenvalue weighted by Crippen LogP contribution is 2.37. The number of hydrogen-bond donors (Lipinski definition) is 1. The van der Waals surface area contributed by atoms with Crippen LogP contribution in [0.25, 0.3) is 0 Å². The Balaban J connectivity index is 1.60. The van der Waals surface area contributed by atoms with Gasteiger partial charge < -0.3 is 15.0 Å². The second-order valence-electron chi connectivity index (χ2n) is 11.7. The summed E-state index contributed by atoms with van der Waals surface area (Å²) in [6.45, 7) is 12.5. The second kappa shape index (κ2) is 11.7. The summed E-state index contributed by atoms with van der Waals surface area (Å²) in [5.41, 5.74) is 1.81. The number of carbonyl (C=O) groups is 1. The molecule has 0 aromatic heterocycles. The van der Waals surface area contributed by atoms with Crippen molar-refractivity contribution in [3.63, 3.8) is 0 Å². The predicted molar refractivity (Wildman–Crippen MR) is 143 cm³/mol. The summed E-state index contributed by atoms with van der Waals surface area (Å²) in [7, 11) is 0. The van der Waals surface area contributed by atoms with Gasteiger partial charge in [-0.2, -0.15) is 0 Å². The number of alkyl halides is 3. The van der Waals surface area contributed by atoms with E-state index in [1.54, 1.807) is 12.1 Å². The maximum Gasteiger partial charge on any atom is 0.573 e. The second-order valence-corrected chi connectivity index (χ2v) is 11.7. The van der Waals surface area contributed by atoms with E-state index in [2.05, 4.69) is 47.5 Å². The Hall–Kier alpha value is -2.58. The van der Waals surface area contributed by atoms with E-state index in [0.717, 1.165) is 37.1 Å². The van der Waals surface area contributed by atoms with Gasteiger partial charge in [-0.15, -0.1) is 13.2 Å². The van der Waals surface area contributed by atoms with Gasteiger partial charge in [-0.25, -0.2) is 0 Å². The molecule has 2 fully saturated rings. The molecule has 2 unspecified atom stereocenters. The highest BCUT2D eigenvalue weighted by Gasteiger charge is 2.42. The van der Waals surface area contributed by atoms with Crippen molar-refractivity contribution in [1.29, 1.82) is 0 Å². The molecule has 0 aliphatic carbocycles. The van der Waals surface area contributed by atoms with E-state index in [0.29, 0.717) is 25.6 Å². The van der Waals surface area contributed by atoms with Crippen molar-refractivity contribution < 1.29 is 22.7 Å². The first kappa shape index (κ1) is 28.4. The zero-order valence-electron chi connectivity index (χ0n) is 22.8. The van der Waals surface area contributed by atoms with Crippen LogP contribution in [-0.2, 0) is 4.79 Å². The number of carbonyl (C=O) groups excluding carboxylic acids is 1. The number of benzene rings is 2. The summed E-state index contributed by atoms with van der Waals surface area (Å²) in [4.78, 5) is 18.3. The molecule has 208 valence electrons. The third-order valence-corrected chi connectivity index (χ3v) is 8.08. The molecule has 0 saturated carbocycles. The number of rotatable bonds is 6. The van der Waals surface area contributed by atoms with Crippen LogP contribution in [0, 0.1) is 17.3 Å². The molecule has 4 rings (SSSR count). The lowest BCUT2D eigenvalue weighted by Gasteiger charge is -2.50. The number of nitrogens with one attached hydrogen (secondary N) is 1. The van der Waals surface area contributed by atoms with Gasteiger partial charge in [0.2, 0.25) is 5.91 Å². The molecule has 0 radical (unpaired) electrons. The molecule has 2 aliphatic rings. The standard InChI is InChI=1S/C30H40F3N3O2/c1-21(22-14-16-34-17-15-22)28(37)36-19-18-35(20-26(36)29(2,3)4)27(23-8-6-5-7-9-23)24-10-12-25(13-11-24)38-30(31,32)33/h5-13,21-22,26-27,34H,14-20H2,1-4H3/t21?,26-,27?/m1/s1. The van der Waals surface area contributed by atoms with E-state index in [1.165, 1.54) is 12.1 Å². The van der Waals surface area contributed by atoms with Gasteiger partial charge in [0.25, 0.3) is 0 Å². The van der Waals surface area contributed by atoms with Crippen molar-refractivity contribution in [2.45, 2.75) is 59.0 Å². The molecule has 5 nitrogen and oxygen atoms in total. The number of piperidine rings is 1. The summed E-state index contributed by atoms with van der Waals surface area (Å²) >= 11 is 0. The van der Waals surface area contributed by atoms with Crippen molar-refractivity contribution >= 4 is 5.91 Å². The number of amides is 1. The molecule has 38 heavy (non-hydrogen) atoms. The summed E-state index contributed by atoms with van der Waals surface area (Å²) in [5.74, 6) is 0.390. The molecule has 3 atom stereocenters. The van der Waals surface area contributed by atoms with Crippen LogP contribution in [-0.4, -0.2) is 60.8 Å². The molecule has 2 aromatic rings. The van der Waals surface area contributed by atoms with Crippen LogP contribution in [0.4, 0.5) is 13.2 Å². The minimum Gasteiger partial charge on any atom is -0.406 e. The van der Waals surface area contributed by atoms with Crippen molar-refractivity contribution in [3.05, 3.63) is 65.7 Å². The Labute approximate surface area is 224 Å². The topological polar surface area (TPSA) is 44.8 Å². The molecule has 0 spiro atoms. The predicted octanol–water partition coefficient (Wildman–Crippen LogP) is 5.87. The van der Waals surface area contributed by atoms with E-state index >= 15 is 0 Å². The molecule has 2 saturated heterocycles. The average molecular weight is 532 g/mol. The van der Waals surface area contributed by atoms with E-state index in [4.69, 9.17) is 0 Å². The molecule has 8 heteroatoms. The lowest BCUT2D eigenvalue weighted by Crippen LogP contribution is -2.61. The fourth-order valence-electron chi connectivity index (χ4n) is 5.95. The molecular formula is C30H40F3N3O2. The SMILES string of the molecule is CC(C(=O)N1CCN(C(c2ccccc2)c2ccc(OC(F)(F)F)cc2)C[C@@H]1C(C)(C)C)C1CCNCC1. The first-order valence-electron chi connectivity index (χ1n) is 13.6. The molecule has 2 aliphatic heterocycles. The Kier molecular flexibility index (Phi) is 8.72. The van der Waals surface area contributed by atoms with Crippen molar-refractivity contribution in [1.82, 2.24) is 15.1 Å². The van der Waals surface area contributed by atoms with Crippen molar-refractivity contribution in [3.8, 4) is 5.75 Å². The van der Waals surface area contributed by atoms with Gasteiger partial charge in [0.15, 0.2) is 0 Å². The monoisotopic (exact) mass is 531 g/mol. The number of nitrogens with zero attached hydrogens (tertiary/aromatic N) is 2. The highest BCUT2D eigenvalue weighted by molar-refractivity contribution is 5.79. The zero-order valence-corrected chi connectivity index (χ0v) is 22.8. The normalized spacial score (nSPS) is 21.7. The molecule has 0 bridgehead atoms. The smallest absolute Gasteiger partial charge is 0.406 e. The van der Waals surface area contributed by atoms with E-state index in [9.17, 15) is 18.0 Å². The van der Waals surface area contributed by atoms with Crippen LogP contribution in [0.5, 0.6) is 5.75 Å². The van der Waals surface area contributed by atoms with Gasteiger partial charge in [-0.05, 0) is 60.5 Å². The van der Waals surface area contributed by atoms with Gasteiger partial charge in [-0.1, -0.05) is 70.2 Å². The highest BCUT2D eigenvalue weighted by atomic mass is 19.4. The quantitative estimate of drug-likeness (QED) is 0.507. The van der Waals surface area contributed by atoms with Gasteiger partial charge in [0.05, 0.1) is 6.04 Å². The fourth-order valence-corrected chi connectivity index (χ4v) is 5.95. The van der Waals surface area contributed by atoms with Crippen LogP contribution in [0.1, 0.15) is 57.7 Å². The van der Waals surface area contributed by atoms with Crippen LogP contribution in [0.2, 0.25) is 0 Å². The molecule has 1 amide bonds. The van der Waals surface area contributed by atoms with E-state index < -0.39 is 6.36 Å². The van der Waals surface area contributed by atoms with E-state index in [1.807, 2.05) is 30.3 Å². The summed E-state index contributed by atoms with van der Waals surface area (Å²) in [6.07, 6.45) is -2.68. The molecule has 2 heterocycles. The van der Waals surface area contributed by atoms with Crippen LogP contribution in [0.3, 0.4) is 0 Å². The number of piperazine rings is 1. The van der Waals surface area contributed by atoms with Gasteiger partial charge >= 0.3 is 6.36 Å². The maximum absolute atomic E-state index is 13.8. The van der Waals surface area contributed by atoms with E-state index in [-0.39, 0.29) is 35.1 Å². The zero-order chi connectivity index (χ0) is 27.5. The minimum atomic E-state index is -4.73. The summed E-state index contributed by atoms with van der Waals surface area (Å²) in [5, 5.41) is 3.39. The molecule has 2 aromatic carbocycles. The largest absolute Gasteiger partial charge is 0.573 e. The number of hydrogen-bond acceptors (Lipinski definition) is 4. The van der Waals surface area contributed by atoms with Crippen LogP contribution < -0.4 is 10.1 Å². The van der Waals surface area contributed by atoms with Gasteiger partial charge in [-0.3, -0.25) is 9.69 Å². The molecule has 1 N–H and O–H groups in total. The molecular weight excluding hydrogens is 491 g/mol. The Morgan fingerprint density at radius 3 is 2.13 bits per heavy atom. The first-order valence-corrected chi connectivity index (χ1v) is 13.6. The van der Waals surface area contributed by atoms with Gasteiger partial charge in [0, 0.05) is 31.6 Å². The minimum absolute atomic E-state index is 0.00645. The van der Waals surface area contributed by atoms with Crippen molar-refractivity contribution in [2.24, 2.45) is 17.3 Å². The summed E-state index contributed by atoms with van der Waals surface area (Å²) in [6, 6.07) is 16.0.